The van der Waals surface area contributed by atoms with Gasteiger partial charge in [0.1, 0.15) is 0 Å². The molecule has 0 unspecified atom stereocenters. The van der Waals surface area contributed by atoms with E-state index in [0.717, 1.165) is 17.9 Å². The lowest BCUT2D eigenvalue weighted by Gasteiger charge is -2.08. The quantitative estimate of drug-likeness (QED) is 0.754. The van der Waals surface area contributed by atoms with Gasteiger partial charge < -0.3 is 5.32 Å². The second-order valence-electron chi connectivity index (χ2n) is 4.15. The summed E-state index contributed by atoms with van der Waals surface area (Å²) in [4.78, 5) is 11.4. The third-order valence-electron chi connectivity index (χ3n) is 2.42. The van der Waals surface area contributed by atoms with Crippen molar-refractivity contribution in [2.75, 3.05) is 11.1 Å². The molecule has 0 heterocycles. The minimum absolute atomic E-state index is 0.0614. The van der Waals surface area contributed by atoms with Crippen LogP contribution in [0.1, 0.15) is 38.2 Å². The van der Waals surface area contributed by atoms with Crippen molar-refractivity contribution >= 4 is 24.2 Å². The summed E-state index contributed by atoms with van der Waals surface area (Å²) in [5.74, 6) is 1.33. The van der Waals surface area contributed by atoms with Crippen LogP contribution in [0.5, 0.6) is 0 Å². The highest BCUT2D eigenvalue weighted by molar-refractivity contribution is 7.80. The van der Waals surface area contributed by atoms with Crippen molar-refractivity contribution in [1.82, 2.24) is 0 Å². The van der Waals surface area contributed by atoms with Crippen LogP contribution in [0.25, 0.3) is 0 Å². The van der Waals surface area contributed by atoms with Gasteiger partial charge in [0.25, 0.3) is 0 Å². The molecule has 0 aliphatic heterocycles. The number of nitrogens with one attached hydrogen (secondary N) is 1. The van der Waals surface area contributed by atoms with Crippen molar-refractivity contribution in [2.45, 2.75) is 32.6 Å². The Balaban J connectivity index is 2.51. The molecule has 1 rings (SSSR count). The largest absolute Gasteiger partial charge is 0.326 e. The third-order valence-corrected chi connectivity index (χ3v) is 2.74. The number of carbonyl (C=O) groups excluding carboxylic acids is 1. The van der Waals surface area contributed by atoms with Crippen molar-refractivity contribution < 1.29 is 4.79 Å². The van der Waals surface area contributed by atoms with Crippen molar-refractivity contribution in [3.8, 4) is 0 Å². The summed E-state index contributed by atoms with van der Waals surface area (Å²) >= 11 is 4.08. The summed E-state index contributed by atoms with van der Waals surface area (Å²) in [6, 6.07) is 8.01. The van der Waals surface area contributed by atoms with Crippen LogP contribution in [-0.4, -0.2) is 11.7 Å². The van der Waals surface area contributed by atoms with Gasteiger partial charge in [-0.05, 0) is 35.8 Å². The fourth-order valence-electron chi connectivity index (χ4n) is 1.41. The molecule has 0 radical (unpaired) electrons. The number of hydrogen-bond acceptors (Lipinski definition) is 2. The highest BCUT2D eigenvalue weighted by atomic mass is 32.1. The minimum Gasteiger partial charge on any atom is -0.326 e. The molecule has 1 amide bonds. The summed E-state index contributed by atoms with van der Waals surface area (Å²) in [6.45, 7) is 4.31. The summed E-state index contributed by atoms with van der Waals surface area (Å²) in [5.41, 5.74) is 2.15. The van der Waals surface area contributed by atoms with Gasteiger partial charge in [0.15, 0.2) is 0 Å². The first-order chi connectivity index (χ1) is 7.63. The smallest absolute Gasteiger partial charge is 0.224 e. The molecule has 2 nitrogen and oxygen atoms in total. The first-order valence-corrected chi connectivity index (χ1v) is 6.27. The summed E-state index contributed by atoms with van der Waals surface area (Å²) < 4.78 is 0. The molecule has 0 saturated carbocycles. The number of benzene rings is 1. The van der Waals surface area contributed by atoms with Gasteiger partial charge in [-0.1, -0.05) is 26.0 Å². The first-order valence-electron chi connectivity index (χ1n) is 5.64. The monoisotopic (exact) mass is 237 g/mol. The molecule has 0 atom stereocenters. The molecule has 0 aliphatic carbocycles. The number of rotatable bonds is 5. The van der Waals surface area contributed by atoms with E-state index in [1.54, 1.807) is 0 Å². The van der Waals surface area contributed by atoms with Crippen molar-refractivity contribution in [3.63, 3.8) is 0 Å². The van der Waals surface area contributed by atoms with Gasteiger partial charge in [-0.3, -0.25) is 4.79 Å². The molecule has 3 heteroatoms. The Kier molecular flexibility index (Phi) is 5.39. The van der Waals surface area contributed by atoms with E-state index in [4.69, 9.17) is 0 Å². The van der Waals surface area contributed by atoms with Crippen LogP contribution in [0, 0.1) is 0 Å². The van der Waals surface area contributed by atoms with Gasteiger partial charge in [-0.2, -0.15) is 12.6 Å². The molecule has 0 spiro atoms. The zero-order chi connectivity index (χ0) is 12.0. The van der Waals surface area contributed by atoms with Gasteiger partial charge in [0.2, 0.25) is 5.91 Å². The lowest BCUT2D eigenvalue weighted by Crippen LogP contribution is -2.11. The van der Waals surface area contributed by atoms with Gasteiger partial charge >= 0.3 is 0 Å². The number of hydrogen-bond donors (Lipinski definition) is 2. The van der Waals surface area contributed by atoms with Crippen molar-refractivity contribution in [3.05, 3.63) is 29.8 Å². The SMILES string of the molecule is CC(C)c1ccc(NC(=O)CCCS)cc1. The predicted molar refractivity (Wildman–Crippen MR) is 72.2 cm³/mol. The lowest BCUT2D eigenvalue weighted by molar-refractivity contribution is -0.116. The van der Waals surface area contributed by atoms with E-state index in [0.29, 0.717) is 12.3 Å². The van der Waals surface area contributed by atoms with Gasteiger partial charge in [-0.25, -0.2) is 0 Å². The molecule has 1 aromatic rings. The minimum atomic E-state index is 0.0614. The second kappa shape index (κ2) is 6.59. The Labute approximate surface area is 103 Å². The molecule has 1 aromatic carbocycles. The highest BCUT2D eigenvalue weighted by Crippen LogP contribution is 2.17. The highest BCUT2D eigenvalue weighted by Gasteiger charge is 2.02. The standard InChI is InChI=1S/C13H19NOS/c1-10(2)11-5-7-12(8-6-11)14-13(15)4-3-9-16/h5-8,10,16H,3-4,9H2,1-2H3,(H,14,15). The van der Waals surface area contributed by atoms with Crippen molar-refractivity contribution in [1.29, 1.82) is 0 Å². The zero-order valence-electron chi connectivity index (χ0n) is 9.86. The number of anilines is 1. The van der Waals surface area contributed by atoms with E-state index in [1.165, 1.54) is 5.56 Å². The zero-order valence-corrected chi connectivity index (χ0v) is 10.8. The Bertz CT molecular complexity index is 332. The number of amides is 1. The van der Waals surface area contributed by atoms with Crippen LogP contribution < -0.4 is 5.32 Å². The lowest BCUT2D eigenvalue weighted by atomic mass is 10.0. The van der Waals surface area contributed by atoms with Crippen molar-refractivity contribution in [2.24, 2.45) is 0 Å². The predicted octanol–water partition coefficient (Wildman–Crippen LogP) is 3.46. The van der Waals surface area contributed by atoms with Gasteiger partial charge in [0.05, 0.1) is 0 Å². The molecular weight excluding hydrogens is 218 g/mol. The normalized spacial score (nSPS) is 10.5. The molecule has 0 aromatic heterocycles. The first kappa shape index (κ1) is 13.1. The van der Waals surface area contributed by atoms with E-state index >= 15 is 0 Å². The van der Waals surface area contributed by atoms with Crippen LogP contribution in [0.2, 0.25) is 0 Å². The topological polar surface area (TPSA) is 29.1 Å². The Morgan fingerprint density at radius 2 is 1.94 bits per heavy atom. The Hall–Kier alpha value is -0.960. The van der Waals surface area contributed by atoms with Crippen LogP contribution in [0.15, 0.2) is 24.3 Å². The van der Waals surface area contributed by atoms with Gasteiger partial charge in [-0.15, -0.1) is 0 Å². The summed E-state index contributed by atoms with van der Waals surface area (Å²) in [7, 11) is 0. The van der Waals surface area contributed by atoms with E-state index in [2.05, 4.69) is 43.9 Å². The maximum absolute atomic E-state index is 11.4. The van der Waals surface area contributed by atoms with Crippen LogP contribution in [-0.2, 0) is 4.79 Å². The number of carbonyl (C=O) groups is 1. The molecule has 1 N–H and O–H groups in total. The Morgan fingerprint density at radius 3 is 2.44 bits per heavy atom. The average molecular weight is 237 g/mol. The molecule has 0 bridgehead atoms. The number of thiol groups is 1. The molecular formula is C13H19NOS. The van der Waals surface area contributed by atoms with E-state index in [-0.39, 0.29) is 5.91 Å². The van der Waals surface area contributed by atoms with Crippen LogP contribution in [0.4, 0.5) is 5.69 Å². The van der Waals surface area contributed by atoms with Crippen LogP contribution in [0.3, 0.4) is 0 Å². The molecule has 0 saturated heterocycles. The maximum atomic E-state index is 11.4. The molecule has 0 aliphatic rings. The van der Waals surface area contributed by atoms with E-state index in [1.807, 2.05) is 12.1 Å². The van der Waals surface area contributed by atoms with E-state index in [9.17, 15) is 4.79 Å². The van der Waals surface area contributed by atoms with E-state index < -0.39 is 0 Å². The molecule has 0 fully saturated rings. The Morgan fingerprint density at radius 1 is 1.31 bits per heavy atom. The third kappa shape index (κ3) is 4.27. The maximum Gasteiger partial charge on any atom is 0.224 e. The molecule has 16 heavy (non-hydrogen) atoms. The van der Waals surface area contributed by atoms with Gasteiger partial charge in [0, 0.05) is 12.1 Å². The molecule has 88 valence electrons. The fraction of sp³-hybridized carbons (Fsp3) is 0.462. The fourth-order valence-corrected chi connectivity index (χ4v) is 1.57. The summed E-state index contributed by atoms with van der Waals surface area (Å²) in [6.07, 6.45) is 1.36. The van der Waals surface area contributed by atoms with Crippen LogP contribution >= 0.6 is 12.6 Å². The average Bonchev–Trinajstić information content (AvgIpc) is 2.27. The second-order valence-corrected chi connectivity index (χ2v) is 4.60. The summed E-state index contributed by atoms with van der Waals surface area (Å²) in [5, 5.41) is 2.87.